The molecule has 128 valence electrons. The highest BCUT2D eigenvalue weighted by Gasteiger charge is 2.58. The summed E-state index contributed by atoms with van der Waals surface area (Å²) >= 11 is 0. The molecule has 24 heavy (non-hydrogen) atoms. The Bertz CT molecular complexity index is 691. The van der Waals surface area contributed by atoms with E-state index in [0.717, 1.165) is 25.7 Å². The second kappa shape index (κ2) is 5.51. The predicted octanol–water partition coefficient (Wildman–Crippen LogP) is 0.822. The molecule has 0 radical (unpaired) electrons. The van der Waals surface area contributed by atoms with Gasteiger partial charge >= 0.3 is 0 Å². The van der Waals surface area contributed by atoms with Crippen molar-refractivity contribution >= 4 is 17.9 Å². The minimum atomic E-state index is -0.441. The van der Waals surface area contributed by atoms with Crippen LogP contribution in [0.3, 0.4) is 0 Å². The third-order valence-corrected chi connectivity index (χ3v) is 5.80. The first-order valence-corrected chi connectivity index (χ1v) is 8.47. The maximum absolute atomic E-state index is 13.5. The number of pyridine rings is 1. The zero-order valence-corrected chi connectivity index (χ0v) is 13.7. The van der Waals surface area contributed by atoms with E-state index in [1.165, 1.54) is 6.07 Å². The molecule has 0 spiro atoms. The van der Waals surface area contributed by atoms with Crippen LogP contribution >= 0.6 is 0 Å². The van der Waals surface area contributed by atoms with Crippen LogP contribution in [0.1, 0.15) is 30.3 Å². The van der Waals surface area contributed by atoms with Crippen molar-refractivity contribution in [3.8, 4) is 0 Å². The van der Waals surface area contributed by atoms with Crippen molar-refractivity contribution in [1.29, 1.82) is 0 Å². The molecule has 3 aliphatic rings. The number of fused-ring (bicyclic) bond motifs is 2. The number of rotatable bonds is 4. The van der Waals surface area contributed by atoms with E-state index in [2.05, 4.69) is 15.2 Å². The average Bonchev–Trinajstić information content (AvgIpc) is 3.11. The van der Waals surface area contributed by atoms with Gasteiger partial charge in [-0.3, -0.25) is 9.59 Å². The molecule has 1 amide bonds. The molecule has 3 aliphatic heterocycles. The molecule has 0 aliphatic carbocycles. The first kappa shape index (κ1) is 15.5. The van der Waals surface area contributed by atoms with Crippen LogP contribution in [-0.4, -0.2) is 59.8 Å². The van der Waals surface area contributed by atoms with E-state index in [0.29, 0.717) is 43.4 Å². The van der Waals surface area contributed by atoms with Crippen molar-refractivity contribution in [1.82, 2.24) is 15.2 Å². The van der Waals surface area contributed by atoms with E-state index in [9.17, 15) is 14.0 Å². The van der Waals surface area contributed by atoms with Gasteiger partial charge in [-0.2, -0.15) is 0 Å². The van der Waals surface area contributed by atoms with Crippen LogP contribution < -0.4 is 10.2 Å². The van der Waals surface area contributed by atoms with E-state index < -0.39 is 5.82 Å². The standard InChI is InChI=1S/C17H21FN4O2/c1-2-16(24)22-8-13-4-17(22,10-20-13)11-6-21(7-11)15-3-12(18)5-19-14(15)9-23/h3,5,9,11,13,20H,2,4,6-8,10H2,1H3/t13-,17+/m0/s1. The summed E-state index contributed by atoms with van der Waals surface area (Å²) in [5, 5.41) is 3.50. The number of likely N-dealkylation sites (tertiary alicyclic amines) is 1. The van der Waals surface area contributed by atoms with Crippen LogP contribution in [-0.2, 0) is 4.79 Å². The Balaban J connectivity index is 1.54. The Morgan fingerprint density at radius 1 is 1.50 bits per heavy atom. The molecule has 1 N–H and O–H groups in total. The SMILES string of the molecule is CCC(=O)N1C[C@@H]2C[C@]1(C1CN(c3cc(F)cnc3C=O)C1)CN2. The smallest absolute Gasteiger partial charge is 0.222 e. The van der Waals surface area contributed by atoms with Gasteiger partial charge in [-0.25, -0.2) is 9.37 Å². The lowest BCUT2D eigenvalue weighted by Gasteiger charge is -2.53. The summed E-state index contributed by atoms with van der Waals surface area (Å²) in [7, 11) is 0. The number of anilines is 1. The van der Waals surface area contributed by atoms with Crippen LogP contribution in [0.5, 0.6) is 0 Å². The summed E-state index contributed by atoms with van der Waals surface area (Å²) in [6.45, 7) is 4.94. The lowest BCUT2D eigenvalue weighted by Crippen LogP contribution is -2.67. The van der Waals surface area contributed by atoms with Crippen molar-refractivity contribution in [3.63, 3.8) is 0 Å². The number of hydrogen-bond acceptors (Lipinski definition) is 5. The van der Waals surface area contributed by atoms with E-state index in [1.54, 1.807) is 0 Å². The van der Waals surface area contributed by atoms with E-state index >= 15 is 0 Å². The van der Waals surface area contributed by atoms with Gasteiger partial charge in [-0.15, -0.1) is 0 Å². The molecule has 1 aromatic rings. The van der Waals surface area contributed by atoms with Crippen LogP contribution in [0.15, 0.2) is 12.3 Å². The molecule has 7 heteroatoms. The summed E-state index contributed by atoms with van der Waals surface area (Å²) < 4.78 is 13.5. The third-order valence-electron chi connectivity index (χ3n) is 5.80. The fraction of sp³-hybridized carbons (Fsp3) is 0.588. The normalized spacial score (nSPS) is 29.0. The molecule has 4 heterocycles. The number of nitrogens with one attached hydrogen (secondary N) is 1. The number of aromatic nitrogens is 1. The van der Waals surface area contributed by atoms with Crippen molar-refractivity contribution in [2.75, 3.05) is 31.1 Å². The van der Waals surface area contributed by atoms with Crippen molar-refractivity contribution in [2.24, 2.45) is 5.92 Å². The lowest BCUT2D eigenvalue weighted by molar-refractivity contribution is -0.138. The average molecular weight is 332 g/mol. The highest BCUT2D eigenvalue weighted by atomic mass is 19.1. The second-order valence-electron chi connectivity index (χ2n) is 7.02. The Kier molecular flexibility index (Phi) is 3.56. The van der Waals surface area contributed by atoms with E-state index in [-0.39, 0.29) is 17.1 Å². The lowest BCUT2D eigenvalue weighted by atomic mass is 9.77. The number of nitrogens with zero attached hydrogens (tertiary/aromatic N) is 3. The molecule has 6 nitrogen and oxygen atoms in total. The Labute approximate surface area is 140 Å². The number of piperazine rings is 1. The largest absolute Gasteiger partial charge is 0.369 e. The Morgan fingerprint density at radius 3 is 2.96 bits per heavy atom. The minimum Gasteiger partial charge on any atom is -0.369 e. The molecule has 3 fully saturated rings. The van der Waals surface area contributed by atoms with Gasteiger partial charge in [-0.1, -0.05) is 6.92 Å². The van der Waals surface area contributed by atoms with Gasteiger partial charge in [0.1, 0.15) is 11.5 Å². The molecule has 1 aromatic heterocycles. The van der Waals surface area contributed by atoms with Gasteiger partial charge in [0, 0.05) is 50.6 Å². The van der Waals surface area contributed by atoms with Gasteiger partial charge in [0.2, 0.25) is 5.91 Å². The second-order valence-corrected chi connectivity index (χ2v) is 7.02. The molecular weight excluding hydrogens is 311 g/mol. The molecule has 0 aromatic carbocycles. The first-order chi connectivity index (χ1) is 11.6. The Morgan fingerprint density at radius 2 is 2.29 bits per heavy atom. The molecule has 2 atom stereocenters. The molecule has 0 unspecified atom stereocenters. The molecule has 2 bridgehead atoms. The van der Waals surface area contributed by atoms with Crippen LogP contribution in [0.4, 0.5) is 10.1 Å². The summed E-state index contributed by atoms with van der Waals surface area (Å²) in [6, 6.07) is 1.75. The fourth-order valence-corrected chi connectivity index (χ4v) is 4.50. The van der Waals surface area contributed by atoms with Crippen molar-refractivity contribution in [3.05, 3.63) is 23.8 Å². The van der Waals surface area contributed by atoms with Crippen molar-refractivity contribution < 1.29 is 14.0 Å². The Hall–Kier alpha value is -2.02. The quantitative estimate of drug-likeness (QED) is 0.827. The van der Waals surface area contributed by atoms with Gasteiger partial charge in [0.05, 0.1) is 17.4 Å². The molecule has 3 saturated heterocycles. The zero-order chi connectivity index (χ0) is 16.9. The maximum atomic E-state index is 13.5. The minimum absolute atomic E-state index is 0.129. The molecule has 0 saturated carbocycles. The zero-order valence-electron chi connectivity index (χ0n) is 13.7. The highest BCUT2D eigenvalue weighted by Crippen LogP contribution is 2.45. The van der Waals surface area contributed by atoms with Gasteiger partial charge in [0.25, 0.3) is 0 Å². The van der Waals surface area contributed by atoms with Crippen LogP contribution in [0.2, 0.25) is 0 Å². The van der Waals surface area contributed by atoms with Gasteiger partial charge in [-0.05, 0) is 6.42 Å². The molecule has 4 rings (SSSR count). The molecular formula is C17H21FN4O2. The number of halogens is 1. The van der Waals surface area contributed by atoms with Gasteiger partial charge in [0.15, 0.2) is 6.29 Å². The number of hydrogen-bond donors (Lipinski definition) is 1. The summed E-state index contributed by atoms with van der Waals surface area (Å²) in [5.74, 6) is 0.0951. The topological polar surface area (TPSA) is 65.5 Å². The maximum Gasteiger partial charge on any atom is 0.222 e. The highest BCUT2D eigenvalue weighted by molar-refractivity contribution is 5.82. The van der Waals surface area contributed by atoms with E-state index in [1.807, 2.05) is 11.8 Å². The predicted molar refractivity (Wildman–Crippen MR) is 86.4 cm³/mol. The number of carbonyl (C=O) groups is 2. The number of carbonyl (C=O) groups excluding carboxylic acids is 2. The van der Waals surface area contributed by atoms with Crippen LogP contribution in [0.25, 0.3) is 0 Å². The monoisotopic (exact) mass is 332 g/mol. The number of amides is 1. The van der Waals surface area contributed by atoms with Crippen molar-refractivity contribution in [2.45, 2.75) is 31.3 Å². The summed E-state index contributed by atoms with van der Waals surface area (Å²) in [4.78, 5) is 31.4. The summed E-state index contributed by atoms with van der Waals surface area (Å²) in [6.07, 6.45) is 3.23. The number of aldehydes is 1. The van der Waals surface area contributed by atoms with Crippen LogP contribution in [0, 0.1) is 11.7 Å². The fourth-order valence-electron chi connectivity index (χ4n) is 4.50. The van der Waals surface area contributed by atoms with E-state index in [4.69, 9.17) is 0 Å². The first-order valence-electron chi connectivity index (χ1n) is 8.47. The third kappa shape index (κ3) is 2.14. The van der Waals surface area contributed by atoms with Gasteiger partial charge < -0.3 is 15.1 Å². The summed E-state index contributed by atoms with van der Waals surface area (Å²) in [5.41, 5.74) is 0.685.